The summed E-state index contributed by atoms with van der Waals surface area (Å²) in [7, 11) is 0. The summed E-state index contributed by atoms with van der Waals surface area (Å²) >= 11 is 0.884. The van der Waals surface area contributed by atoms with Gasteiger partial charge in [-0.05, 0) is 18.2 Å². The van der Waals surface area contributed by atoms with Crippen molar-refractivity contribution < 1.29 is 14.6 Å². The molecule has 7 heteroatoms. The second-order valence-corrected chi connectivity index (χ2v) is 3.30. The molecule has 2 rings (SSSR count). The minimum Gasteiger partial charge on any atom is -0.369 e. The maximum absolute atomic E-state index is 7.96. The fraction of sp³-hybridized carbons (Fsp3) is 0. The lowest BCUT2D eigenvalue weighted by molar-refractivity contribution is -0.432. The molecule has 74 valence electrons. The zero-order valence-electron chi connectivity index (χ0n) is 6.93. The molecule has 1 heterocycles. The van der Waals surface area contributed by atoms with Crippen molar-refractivity contribution in [3.63, 3.8) is 0 Å². The van der Waals surface area contributed by atoms with Gasteiger partial charge in [-0.1, -0.05) is 5.04 Å². The lowest BCUT2D eigenvalue weighted by Gasteiger charge is -1.96. The highest BCUT2D eigenvalue weighted by Gasteiger charge is 2.02. The van der Waals surface area contributed by atoms with E-state index in [2.05, 4.69) is 19.3 Å². The normalized spacial score (nSPS) is 10.9. The van der Waals surface area contributed by atoms with Crippen LogP contribution in [0.15, 0.2) is 23.1 Å². The van der Waals surface area contributed by atoms with Crippen LogP contribution in [0.2, 0.25) is 0 Å². The van der Waals surface area contributed by atoms with E-state index in [1.54, 1.807) is 18.2 Å². The van der Waals surface area contributed by atoms with Crippen molar-refractivity contribution in [3.8, 4) is 0 Å². The molecular weight excluding hydrogens is 206 g/mol. The second kappa shape index (κ2) is 3.84. The van der Waals surface area contributed by atoms with Crippen LogP contribution in [-0.2, 0) is 9.37 Å². The first-order valence-corrected chi connectivity index (χ1v) is 4.44. The first kappa shape index (κ1) is 9.28. The number of nitrogen functional groups attached to an aromatic ring is 1. The van der Waals surface area contributed by atoms with Crippen LogP contribution in [0.4, 0.5) is 5.95 Å². The summed E-state index contributed by atoms with van der Waals surface area (Å²) < 4.78 is 4.28. The van der Waals surface area contributed by atoms with Gasteiger partial charge in [-0.25, -0.2) is 10.2 Å². The van der Waals surface area contributed by atoms with Gasteiger partial charge in [0, 0.05) is 4.90 Å². The molecule has 0 fully saturated rings. The number of nitrogens with zero attached hydrogens (tertiary/aromatic N) is 1. The van der Waals surface area contributed by atoms with Crippen LogP contribution in [0.5, 0.6) is 0 Å². The molecule has 0 aliphatic rings. The van der Waals surface area contributed by atoms with Crippen molar-refractivity contribution in [2.24, 2.45) is 0 Å². The molecule has 0 bridgehead atoms. The number of benzene rings is 1. The monoisotopic (exact) mass is 213 g/mol. The Hall–Kier alpha value is -1.28. The van der Waals surface area contributed by atoms with Gasteiger partial charge in [0.2, 0.25) is 0 Å². The Morgan fingerprint density at radius 2 is 2.36 bits per heavy atom. The Morgan fingerprint density at radius 1 is 1.50 bits per heavy atom. The average Bonchev–Trinajstić information content (AvgIpc) is 2.54. The summed E-state index contributed by atoms with van der Waals surface area (Å²) in [6, 6.07) is 5.33. The van der Waals surface area contributed by atoms with E-state index in [4.69, 9.17) is 11.0 Å². The number of aromatic nitrogens is 2. The molecule has 0 aliphatic carbocycles. The van der Waals surface area contributed by atoms with E-state index in [0.29, 0.717) is 5.95 Å². The van der Waals surface area contributed by atoms with Crippen molar-refractivity contribution in [1.82, 2.24) is 9.97 Å². The van der Waals surface area contributed by atoms with Gasteiger partial charge in [-0.2, -0.15) is 0 Å². The Morgan fingerprint density at radius 3 is 3.14 bits per heavy atom. The highest BCUT2D eigenvalue weighted by atomic mass is 32.2. The first-order chi connectivity index (χ1) is 6.79. The van der Waals surface area contributed by atoms with Crippen molar-refractivity contribution in [2.45, 2.75) is 4.90 Å². The molecular formula is C7H7N3O3S. The molecule has 0 spiro atoms. The van der Waals surface area contributed by atoms with Crippen LogP contribution >= 0.6 is 12.0 Å². The smallest absolute Gasteiger partial charge is 0.198 e. The van der Waals surface area contributed by atoms with E-state index in [0.717, 1.165) is 28.0 Å². The standard InChI is InChI=1S/C7H7N3O3S/c8-7-9-5-2-1-4(14-13-12-11)3-6(5)10-7/h1-3,11H,(H3,8,9,10). The van der Waals surface area contributed by atoms with E-state index in [1.165, 1.54) is 0 Å². The topological polar surface area (TPSA) is 93.4 Å². The third-order valence-corrected chi connectivity index (χ3v) is 2.21. The van der Waals surface area contributed by atoms with Gasteiger partial charge < -0.3 is 10.7 Å². The Balaban J connectivity index is 2.31. The summed E-state index contributed by atoms with van der Waals surface area (Å²) in [5.41, 5.74) is 7.05. The van der Waals surface area contributed by atoms with Gasteiger partial charge in [0.05, 0.1) is 23.1 Å². The molecule has 0 unspecified atom stereocenters. The van der Waals surface area contributed by atoms with Crippen molar-refractivity contribution >= 4 is 29.0 Å². The number of H-pyrrole nitrogens is 1. The Kier molecular flexibility index (Phi) is 2.55. The van der Waals surface area contributed by atoms with Gasteiger partial charge in [0.25, 0.3) is 0 Å². The lowest BCUT2D eigenvalue weighted by atomic mass is 10.3. The average molecular weight is 213 g/mol. The third kappa shape index (κ3) is 1.80. The largest absolute Gasteiger partial charge is 0.369 e. The molecule has 0 saturated heterocycles. The molecule has 1 aromatic heterocycles. The summed E-state index contributed by atoms with van der Waals surface area (Å²) in [4.78, 5) is 7.66. The Bertz CT molecular complexity index is 445. The number of nitrogens with two attached hydrogens (primary N) is 1. The SMILES string of the molecule is Nc1nc2ccc(SOOO)cc2[nH]1. The summed E-state index contributed by atoms with van der Waals surface area (Å²) in [6.07, 6.45) is 0. The van der Waals surface area contributed by atoms with Gasteiger partial charge in [-0.3, -0.25) is 0 Å². The molecule has 0 aliphatic heterocycles. The van der Waals surface area contributed by atoms with Crippen LogP contribution in [0, 0.1) is 0 Å². The predicted molar refractivity (Wildman–Crippen MR) is 51.2 cm³/mol. The number of aromatic amines is 1. The predicted octanol–water partition coefficient (Wildman–Crippen LogP) is 1.57. The molecule has 0 amide bonds. The first-order valence-electron chi connectivity index (χ1n) is 3.69. The van der Waals surface area contributed by atoms with E-state index >= 15 is 0 Å². The number of fused-ring (bicyclic) bond motifs is 1. The number of hydrogen-bond acceptors (Lipinski definition) is 6. The third-order valence-electron chi connectivity index (χ3n) is 1.63. The highest BCUT2D eigenvalue weighted by Crippen LogP contribution is 2.23. The number of imidazole rings is 1. The molecule has 4 N–H and O–H groups in total. The molecule has 1 aromatic carbocycles. The summed E-state index contributed by atoms with van der Waals surface area (Å²) in [5.74, 6) is 0.362. The highest BCUT2D eigenvalue weighted by molar-refractivity contribution is 7.94. The fourth-order valence-electron chi connectivity index (χ4n) is 1.11. The van der Waals surface area contributed by atoms with Crippen LogP contribution < -0.4 is 5.73 Å². The van der Waals surface area contributed by atoms with Crippen LogP contribution in [0.3, 0.4) is 0 Å². The lowest BCUT2D eigenvalue weighted by Crippen LogP contribution is -1.84. The van der Waals surface area contributed by atoms with Gasteiger partial charge >= 0.3 is 0 Å². The molecule has 14 heavy (non-hydrogen) atoms. The number of nitrogens with one attached hydrogen (secondary N) is 1. The van der Waals surface area contributed by atoms with Crippen molar-refractivity contribution in [3.05, 3.63) is 18.2 Å². The second-order valence-electron chi connectivity index (χ2n) is 2.53. The van der Waals surface area contributed by atoms with Gasteiger partial charge in [-0.15, -0.1) is 4.33 Å². The summed E-state index contributed by atoms with van der Waals surface area (Å²) in [6.45, 7) is 0. The maximum atomic E-state index is 7.96. The molecule has 0 atom stereocenters. The van der Waals surface area contributed by atoms with Crippen molar-refractivity contribution in [2.75, 3.05) is 5.73 Å². The van der Waals surface area contributed by atoms with Crippen molar-refractivity contribution in [1.29, 1.82) is 0 Å². The van der Waals surface area contributed by atoms with Crippen LogP contribution in [-0.4, -0.2) is 15.2 Å². The summed E-state index contributed by atoms with van der Waals surface area (Å²) in [5, 5.41) is 11.4. The van der Waals surface area contributed by atoms with Crippen LogP contribution in [0.25, 0.3) is 11.0 Å². The van der Waals surface area contributed by atoms with Gasteiger partial charge in [0.15, 0.2) is 5.95 Å². The minimum atomic E-state index is 0.362. The zero-order valence-corrected chi connectivity index (χ0v) is 7.75. The molecule has 2 aromatic rings. The van der Waals surface area contributed by atoms with E-state index in [9.17, 15) is 0 Å². The van der Waals surface area contributed by atoms with E-state index < -0.39 is 0 Å². The van der Waals surface area contributed by atoms with E-state index in [1.807, 2.05) is 0 Å². The molecule has 0 radical (unpaired) electrons. The molecule has 0 saturated carbocycles. The molecule has 6 nitrogen and oxygen atoms in total. The minimum absolute atomic E-state index is 0.362. The maximum Gasteiger partial charge on any atom is 0.198 e. The Labute approximate surface area is 83.1 Å². The fourth-order valence-corrected chi connectivity index (χ4v) is 1.51. The quantitative estimate of drug-likeness (QED) is 0.407. The van der Waals surface area contributed by atoms with Gasteiger partial charge in [0.1, 0.15) is 0 Å². The number of hydrogen-bond donors (Lipinski definition) is 3. The zero-order chi connectivity index (χ0) is 9.97. The van der Waals surface area contributed by atoms with Crippen LogP contribution in [0.1, 0.15) is 0 Å². The number of rotatable bonds is 3. The number of anilines is 1. The van der Waals surface area contributed by atoms with E-state index in [-0.39, 0.29) is 0 Å².